The summed E-state index contributed by atoms with van der Waals surface area (Å²) < 4.78 is 38.9. The molecule has 6 atom stereocenters. The van der Waals surface area contributed by atoms with E-state index in [-0.39, 0.29) is 36.1 Å². The van der Waals surface area contributed by atoms with Gasteiger partial charge in [-0.15, -0.1) is 0 Å². The molecule has 0 aromatic heterocycles. The van der Waals surface area contributed by atoms with Gasteiger partial charge < -0.3 is 20.9 Å². The number of rotatable bonds is 6. The second kappa shape index (κ2) is 9.17. The van der Waals surface area contributed by atoms with Gasteiger partial charge in [-0.25, -0.2) is 0 Å². The molecular weight excluding hydrogens is 491 g/mol. The van der Waals surface area contributed by atoms with Crippen molar-refractivity contribution < 1.29 is 32.3 Å². The first kappa shape index (κ1) is 28.7. The lowest BCUT2D eigenvalue weighted by Crippen LogP contribution is -2.61. The molecule has 206 valence electrons. The van der Waals surface area contributed by atoms with Crippen LogP contribution >= 0.6 is 0 Å². The Hall–Kier alpha value is -2.84. The van der Waals surface area contributed by atoms with E-state index < -0.39 is 58.9 Å². The van der Waals surface area contributed by atoms with E-state index in [1.807, 2.05) is 39.1 Å². The number of nitrogens with one attached hydrogen (secondary N) is 3. The molecule has 12 heteroatoms. The number of fused-ring (bicyclic) bond motifs is 1. The summed E-state index contributed by atoms with van der Waals surface area (Å²) >= 11 is 0. The molecule has 37 heavy (non-hydrogen) atoms. The molecule has 0 radical (unpaired) electrons. The summed E-state index contributed by atoms with van der Waals surface area (Å²) in [6.45, 7) is 12.4. The normalized spacial score (nSPS) is 29.4. The van der Waals surface area contributed by atoms with Crippen LogP contribution in [0.25, 0.3) is 0 Å². The fraction of sp³-hybridized carbons (Fsp3) is 0.800. The van der Waals surface area contributed by atoms with Crippen molar-refractivity contribution in [1.29, 1.82) is 5.26 Å². The van der Waals surface area contributed by atoms with Crippen molar-refractivity contribution in [2.45, 2.75) is 91.1 Å². The highest BCUT2D eigenvalue weighted by Crippen LogP contribution is 2.65. The Morgan fingerprint density at radius 3 is 2.22 bits per heavy atom. The van der Waals surface area contributed by atoms with Gasteiger partial charge in [0.25, 0.3) is 0 Å². The van der Waals surface area contributed by atoms with E-state index in [1.165, 1.54) is 25.7 Å². The Balaban J connectivity index is 1.80. The maximum absolute atomic E-state index is 13.5. The number of carbonyl (C=O) groups excluding carboxylic acids is 4. The Kier molecular flexibility index (Phi) is 7.12. The first-order valence-corrected chi connectivity index (χ1v) is 12.4. The summed E-state index contributed by atoms with van der Waals surface area (Å²) in [6, 6.07) is -1.50. The highest BCUT2D eigenvalue weighted by atomic mass is 19.4. The number of halogens is 3. The first-order valence-electron chi connectivity index (χ1n) is 12.4. The summed E-state index contributed by atoms with van der Waals surface area (Å²) in [5.74, 6) is -4.56. The van der Waals surface area contributed by atoms with Crippen molar-refractivity contribution in [2.75, 3.05) is 6.54 Å². The van der Waals surface area contributed by atoms with Crippen molar-refractivity contribution in [3.8, 4) is 6.07 Å². The lowest BCUT2D eigenvalue weighted by Gasteiger charge is -2.37. The zero-order valence-electron chi connectivity index (χ0n) is 22.2. The second-order valence-corrected chi connectivity index (χ2v) is 12.9. The zero-order chi connectivity index (χ0) is 28.3. The van der Waals surface area contributed by atoms with E-state index in [1.54, 1.807) is 0 Å². The smallest absolute Gasteiger partial charge is 0.351 e. The van der Waals surface area contributed by atoms with Gasteiger partial charge in [0, 0.05) is 18.0 Å². The van der Waals surface area contributed by atoms with Crippen molar-refractivity contribution >= 4 is 23.6 Å². The van der Waals surface area contributed by atoms with Crippen molar-refractivity contribution in [2.24, 2.45) is 28.6 Å². The van der Waals surface area contributed by atoms with Gasteiger partial charge >= 0.3 is 12.1 Å². The van der Waals surface area contributed by atoms with Crippen LogP contribution < -0.4 is 16.0 Å². The number of piperidine rings is 1. The Bertz CT molecular complexity index is 1030. The van der Waals surface area contributed by atoms with Gasteiger partial charge in [-0.2, -0.15) is 18.4 Å². The standard InChI is InChI=1S/C25H36F3N5O4/c1-22(2,3)17(31-21(37)25(26,27)28)20(36)33-11-14-15(24(14,6)7)16(33)19(35)30-13(10-29)8-12-9-23(4,5)32-18(12)34/h12-17H,8-9,11H2,1-7H3,(H,30,35)(H,31,37)(H,32,34)/t12-,13+,14?,15+,16+,17-/m1/s1. The fourth-order valence-corrected chi connectivity index (χ4v) is 5.91. The molecule has 2 aliphatic heterocycles. The predicted molar refractivity (Wildman–Crippen MR) is 126 cm³/mol. The third-order valence-corrected chi connectivity index (χ3v) is 7.99. The highest BCUT2D eigenvalue weighted by Gasteiger charge is 2.70. The molecule has 3 rings (SSSR count). The molecule has 9 nitrogen and oxygen atoms in total. The molecule has 0 aromatic rings. The minimum Gasteiger partial charge on any atom is -0.351 e. The molecule has 2 heterocycles. The Morgan fingerprint density at radius 2 is 1.76 bits per heavy atom. The van der Waals surface area contributed by atoms with E-state index in [0.717, 1.165) is 0 Å². The van der Waals surface area contributed by atoms with E-state index in [4.69, 9.17) is 0 Å². The van der Waals surface area contributed by atoms with Gasteiger partial charge in [-0.1, -0.05) is 34.6 Å². The number of amides is 4. The summed E-state index contributed by atoms with van der Waals surface area (Å²) in [7, 11) is 0. The monoisotopic (exact) mass is 527 g/mol. The van der Waals surface area contributed by atoms with Gasteiger partial charge in [-0.05, 0) is 49.4 Å². The molecule has 3 N–H and O–H groups in total. The highest BCUT2D eigenvalue weighted by molar-refractivity contribution is 5.95. The molecule has 0 aromatic carbocycles. The fourth-order valence-electron chi connectivity index (χ4n) is 5.91. The summed E-state index contributed by atoms with van der Waals surface area (Å²) in [6.07, 6.45) is -4.57. The van der Waals surface area contributed by atoms with Crippen molar-refractivity contribution in [3.63, 3.8) is 0 Å². The molecule has 3 fully saturated rings. The summed E-state index contributed by atoms with van der Waals surface area (Å²) in [5, 5.41) is 17.0. The number of hydrogen-bond acceptors (Lipinski definition) is 5. The molecule has 3 aliphatic rings. The van der Waals surface area contributed by atoms with Crippen LogP contribution in [0.2, 0.25) is 0 Å². The molecular formula is C25H36F3N5O4. The number of carbonyl (C=O) groups is 4. The number of alkyl halides is 3. The maximum Gasteiger partial charge on any atom is 0.471 e. The third kappa shape index (κ3) is 5.70. The van der Waals surface area contributed by atoms with Crippen LogP contribution in [-0.2, 0) is 19.2 Å². The van der Waals surface area contributed by atoms with Crippen LogP contribution in [0.1, 0.15) is 61.3 Å². The summed E-state index contributed by atoms with van der Waals surface area (Å²) in [4.78, 5) is 52.2. The zero-order valence-corrected chi connectivity index (χ0v) is 22.2. The number of nitriles is 1. The lowest BCUT2D eigenvalue weighted by atomic mass is 9.85. The molecule has 1 saturated carbocycles. The molecule has 1 aliphatic carbocycles. The summed E-state index contributed by atoms with van der Waals surface area (Å²) in [5.41, 5.74) is -1.77. The molecule has 0 bridgehead atoms. The minimum absolute atomic E-state index is 0.0481. The van der Waals surface area contributed by atoms with Crippen molar-refractivity contribution in [1.82, 2.24) is 20.9 Å². The number of likely N-dealkylation sites (tertiary alicyclic amines) is 1. The first-order chi connectivity index (χ1) is 16.7. The Labute approximate surface area is 214 Å². The van der Waals surface area contributed by atoms with Gasteiger partial charge in [0.15, 0.2) is 0 Å². The van der Waals surface area contributed by atoms with E-state index in [0.29, 0.717) is 6.42 Å². The molecule has 0 spiro atoms. The average molecular weight is 528 g/mol. The number of hydrogen-bond donors (Lipinski definition) is 3. The van der Waals surface area contributed by atoms with Gasteiger partial charge in [-0.3, -0.25) is 19.2 Å². The quantitative estimate of drug-likeness (QED) is 0.485. The van der Waals surface area contributed by atoms with Crippen LogP contribution in [0.3, 0.4) is 0 Å². The second-order valence-electron chi connectivity index (χ2n) is 12.9. The van der Waals surface area contributed by atoms with Crippen LogP contribution in [0.5, 0.6) is 0 Å². The SMILES string of the molecule is CC1(C)C[C@@H](C[C@@H](C#N)NC(=O)[C@@H]2[C@@H]3C(CN2C(=O)[C@@H](NC(=O)C(F)(F)F)C(C)(C)C)C3(C)C)C(=O)N1. The average Bonchev–Trinajstić information content (AvgIpc) is 3.04. The molecule has 4 amide bonds. The van der Waals surface area contributed by atoms with Crippen LogP contribution in [0.4, 0.5) is 13.2 Å². The molecule has 2 saturated heterocycles. The number of nitrogens with zero attached hydrogens (tertiary/aromatic N) is 2. The van der Waals surface area contributed by atoms with E-state index >= 15 is 0 Å². The van der Waals surface area contributed by atoms with E-state index in [2.05, 4.69) is 10.6 Å². The van der Waals surface area contributed by atoms with Crippen LogP contribution in [0, 0.1) is 39.9 Å². The molecule has 1 unspecified atom stereocenters. The van der Waals surface area contributed by atoms with E-state index in [9.17, 15) is 37.6 Å². The Morgan fingerprint density at radius 1 is 1.16 bits per heavy atom. The van der Waals surface area contributed by atoms with Crippen LogP contribution in [-0.4, -0.2) is 64.9 Å². The van der Waals surface area contributed by atoms with Crippen LogP contribution in [0.15, 0.2) is 0 Å². The lowest BCUT2D eigenvalue weighted by molar-refractivity contribution is -0.176. The topological polar surface area (TPSA) is 131 Å². The van der Waals surface area contributed by atoms with Gasteiger partial charge in [0.1, 0.15) is 18.1 Å². The minimum atomic E-state index is -5.17. The van der Waals surface area contributed by atoms with Gasteiger partial charge in [0.05, 0.1) is 6.07 Å². The predicted octanol–water partition coefficient (Wildman–Crippen LogP) is 1.88. The van der Waals surface area contributed by atoms with Crippen molar-refractivity contribution in [3.05, 3.63) is 0 Å². The maximum atomic E-state index is 13.5. The third-order valence-electron chi connectivity index (χ3n) is 7.99. The van der Waals surface area contributed by atoms with Gasteiger partial charge in [0.2, 0.25) is 17.7 Å². The largest absolute Gasteiger partial charge is 0.471 e.